The molecule has 3 aromatic carbocycles. The van der Waals surface area contributed by atoms with Crippen LogP contribution >= 0.6 is 15.9 Å². The molecule has 0 aliphatic rings. The fraction of sp³-hybridized carbons (Fsp3) is 0.130. The number of rotatable bonds is 8. The third-order valence-electron chi connectivity index (χ3n) is 4.03. The van der Waals surface area contributed by atoms with E-state index < -0.39 is 11.9 Å². The quantitative estimate of drug-likeness (QED) is 0.264. The van der Waals surface area contributed by atoms with Crippen molar-refractivity contribution in [3.05, 3.63) is 88.4 Å². The van der Waals surface area contributed by atoms with E-state index in [1.165, 1.54) is 19.2 Å². The second kappa shape index (κ2) is 10.5. The van der Waals surface area contributed by atoms with Crippen molar-refractivity contribution >= 4 is 27.9 Å². The molecule has 0 unspecified atom stereocenters. The van der Waals surface area contributed by atoms with E-state index in [0.717, 1.165) is 0 Å². The first kappa shape index (κ1) is 21.4. The van der Waals surface area contributed by atoms with Gasteiger partial charge < -0.3 is 18.9 Å². The number of hydrogen-bond donors (Lipinski definition) is 0. The second-order valence-electron chi connectivity index (χ2n) is 6.03. The van der Waals surface area contributed by atoms with E-state index in [1.54, 1.807) is 30.3 Å². The van der Waals surface area contributed by atoms with E-state index in [-0.39, 0.29) is 24.5 Å². The molecule has 0 aliphatic carbocycles. The van der Waals surface area contributed by atoms with Gasteiger partial charge in [-0.3, -0.25) is 0 Å². The van der Waals surface area contributed by atoms with Crippen LogP contribution in [-0.4, -0.2) is 32.3 Å². The van der Waals surface area contributed by atoms with Gasteiger partial charge in [0.15, 0.2) is 0 Å². The highest BCUT2D eigenvalue weighted by Gasteiger charge is 2.18. The molecule has 0 aromatic heterocycles. The van der Waals surface area contributed by atoms with Gasteiger partial charge in [-0.05, 0) is 58.4 Å². The maximum absolute atomic E-state index is 12.5. The number of ether oxygens (including phenoxy) is 4. The lowest BCUT2D eigenvalue weighted by Gasteiger charge is -2.11. The number of methoxy groups -OCH3 is 1. The molecular formula is C23H19BrO6. The van der Waals surface area contributed by atoms with Crippen LogP contribution in [0.5, 0.6) is 17.2 Å². The molecule has 154 valence electrons. The van der Waals surface area contributed by atoms with Gasteiger partial charge in [-0.2, -0.15) is 0 Å². The van der Waals surface area contributed by atoms with Crippen LogP contribution in [0.15, 0.2) is 77.3 Å². The Bertz CT molecular complexity index is 1020. The van der Waals surface area contributed by atoms with Crippen molar-refractivity contribution in [2.75, 3.05) is 20.3 Å². The van der Waals surface area contributed by atoms with Crippen LogP contribution < -0.4 is 14.2 Å². The van der Waals surface area contributed by atoms with E-state index in [0.29, 0.717) is 21.5 Å². The zero-order valence-corrected chi connectivity index (χ0v) is 17.8. The van der Waals surface area contributed by atoms with Crippen LogP contribution in [0.25, 0.3) is 0 Å². The van der Waals surface area contributed by atoms with Gasteiger partial charge >= 0.3 is 11.9 Å². The topological polar surface area (TPSA) is 71.1 Å². The first-order chi connectivity index (χ1) is 14.6. The molecule has 0 spiro atoms. The summed E-state index contributed by atoms with van der Waals surface area (Å²) in [4.78, 5) is 24.9. The molecule has 7 heteroatoms. The summed E-state index contributed by atoms with van der Waals surface area (Å²) in [5.41, 5.74) is 0.459. The molecule has 0 saturated carbocycles. The average Bonchev–Trinajstić information content (AvgIpc) is 2.77. The van der Waals surface area contributed by atoms with Gasteiger partial charge in [-0.25, -0.2) is 9.59 Å². The standard InChI is InChI=1S/C23H19BrO6/c1-27-21-12-11-16(15-19(21)24)22(25)30-20-10-6-5-9-18(20)23(26)29-14-13-28-17-7-3-2-4-8-17/h2-12,15H,13-14H2,1H3. The smallest absolute Gasteiger partial charge is 0.343 e. The zero-order valence-electron chi connectivity index (χ0n) is 16.2. The highest BCUT2D eigenvalue weighted by Crippen LogP contribution is 2.27. The SMILES string of the molecule is COc1ccc(C(=O)Oc2ccccc2C(=O)OCCOc2ccccc2)cc1Br. The fourth-order valence-corrected chi connectivity index (χ4v) is 3.11. The first-order valence-corrected chi connectivity index (χ1v) is 9.87. The molecule has 0 aliphatic heterocycles. The third-order valence-corrected chi connectivity index (χ3v) is 4.65. The predicted molar refractivity (Wildman–Crippen MR) is 114 cm³/mol. The Balaban J connectivity index is 1.61. The predicted octanol–water partition coefficient (Wildman–Crippen LogP) is 4.91. The van der Waals surface area contributed by atoms with Crippen molar-refractivity contribution < 1.29 is 28.5 Å². The minimum Gasteiger partial charge on any atom is -0.496 e. The summed E-state index contributed by atoms with van der Waals surface area (Å²) in [5.74, 6) is 0.183. The summed E-state index contributed by atoms with van der Waals surface area (Å²) in [6.07, 6.45) is 0. The van der Waals surface area contributed by atoms with Crippen LogP contribution in [0.4, 0.5) is 0 Å². The van der Waals surface area contributed by atoms with Crippen molar-refractivity contribution in [3.8, 4) is 17.2 Å². The Morgan fingerprint density at radius 3 is 2.30 bits per heavy atom. The van der Waals surface area contributed by atoms with E-state index in [4.69, 9.17) is 18.9 Å². The largest absolute Gasteiger partial charge is 0.496 e. The zero-order chi connectivity index (χ0) is 21.3. The molecule has 30 heavy (non-hydrogen) atoms. The van der Waals surface area contributed by atoms with E-state index >= 15 is 0 Å². The Morgan fingerprint density at radius 2 is 1.57 bits per heavy atom. The maximum Gasteiger partial charge on any atom is 0.343 e. The summed E-state index contributed by atoms with van der Waals surface area (Å²) in [5, 5.41) is 0. The molecular weight excluding hydrogens is 452 g/mol. The van der Waals surface area contributed by atoms with Crippen molar-refractivity contribution in [1.82, 2.24) is 0 Å². The van der Waals surface area contributed by atoms with Gasteiger partial charge in [0.2, 0.25) is 0 Å². The van der Waals surface area contributed by atoms with Gasteiger partial charge in [0.25, 0.3) is 0 Å². The molecule has 0 bridgehead atoms. The summed E-state index contributed by atoms with van der Waals surface area (Å²) >= 11 is 3.33. The maximum atomic E-state index is 12.5. The lowest BCUT2D eigenvalue weighted by Crippen LogP contribution is -2.15. The number of carbonyl (C=O) groups is 2. The first-order valence-electron chi connectivity index (χ1n) is 9.08. The van der Waals surface area contributed by atoms with Gasteiger partial charge in [-0.1, -0.05) is 30.3 Å². The number of benzene rings is 3. The minimum absolute atomic E-state index is 0.0570. The average molecular weight is 471 g/mol. The summed E-state index contributed by atoms with van der Waals surface area (Å²) in [6.45, 7) is 0.263. The van der Waals surface area contributed by atoms with Crippen LogP contribution in [0.2, 0.25) is 0 Å². The molecule has 0 atom stereocenters. The monoisotopic (exact) mass is 470 g/mol. The Hall–Kier alpha value is -3.32. The van der Waals surface area contributed by atoms with E-state index in [9.17, 15) is 9.59 Å². The Labute approximate surface area is 182 Å². The summed E-state index contributed by atoms with van der Waals surface area (Å²) in [7, 11) is 1.53. The molecule has 3 aromatic rings. The van der Waals surface area contributed by atoms with Gasteiger partial charge in [0.1, 0.15) is 36.0 Å². The normalized spacial score (nSPS) is 10.2. The van der Waals surface area contributed by atoms with Gasteiger partial charge in [0.05, 0.1) is 17.1 Å². The minimum atomic E-state index is -0.606. The van der Waals surface area contributed by atoms with Crippen LogP contribution in [0, 0.1) is 0 Å². The third kappa shape index (κ3) is 5.61. The fourth-order valence-electron chi connectivity index (χ4n) is 2.56. The van der Waals surface area contributed by atoms with Gasteiger partial charge in [0, 0.05) is 0 Å². The van der Waals surface area contributed by atoms with Crippen LogP contribution in [0.3, 0.4) is 0 Å². The lowest BCUT2D eigenvalue weighted by atomic mass is 10.2. The Kier molecular flexibility index (Phi) is 7.45. The molecule has 0 N–H and O–H groups in total. The molecule has 0 heterocycles. The number of hydrogen-bond acceptors (Lipinski definition) is 6. The second-order valence-corrected chi connectivity index (χ2v) is 6.89. The molecule has 0 fully saturated rings. The van der Waals surface area contributed by atoms with E-state index in [1.807, 2.05) is 30.3 Å². The summed E-state index contributed by atoms with van der Waals surface area (Å²) in [6, 6.07) is 20.4. The lowest BCUT2D eigenvalue weighted by molar-refractivity contribution is 0.0445. The molecule has 0 amide bonds. The number of esters is 2. The van der Waals surface area contributed by atoms with Crippen molar-refractivity contribution in [2.45, 2.75) is 0 Å². The Morgan fingerprint density at radius 1 is 0.833 bits per heavy atom. The highest BCUT2D eigenvalue weighted by atomic mass is 79.9. The van der Waals surface area contributed by atoms with E-state index in [2.05, 4.69) is 15.9 Å². The number of carbonyl (C=O) groups excluding carboxylic acids is 2. The molecule has 6 nitrogen and oxygen atoms in total. The number of halogens is 1. The molecule has 0 radical (unpaired) electrons. The van der Waals surface area contributed by atoms with Crippen molar-refractivity contribution in [2.24, 2.45) is 0 Å². The van der Waals surface area contributed by atoms with Gasteiger partial charge in [-0.15, -0.1) is 0 Å². The van der Waals surface area contributed by atoms with Crippen LogP contribution in [-0.2, 0) is 4.74 Å². The highest BCUT2D eigenvalue weighted by molar-refractivity contribution is 9.10. The number of para-hydroxylation sites is 2. The molecule has 0 saturated heterocycles. The summed E-state index contributed by atoms with van der Waals surface area (Å²) < 4.78 is 21.9. The van der Waals surface area contributed by atoms with Crippen molar-refractivity contribution in [3.63, 3.8) is 0 Å². The van der Waals surface area contributed by atoms with Crippen molar-refractivity contribution in [1.29, 1.82) is 0 Å². The molecule has 3 rings (SSSR count). The van der Waals surface area contributed by atoms with Crippen LogP contribution in [0.1, 0.15) is 20.7 Å².